The average molecular weight is 213 g/mol. The van der Waals surface area contributed by atoms with Crippen LogP contribution < -0.4 is 10.5 Å². The van der Waals surface area contributed by atoms with Crippen molar-refractivity contribution in [2.24, 2.45) is 5.73 Å². The van der Waals surface area contributed by atoms with Gasteiger partial charge in [0.2, 0.25) is 0 Å². The van der Waals surface area contributed by atoms with Crippen molar-refractivity contribution in [1.29, 1.82) is 0 Å². The molecule has 16 heavy (non-hydrogen) atoms. The van der Waals surface area contributed by atoms with Gasteiger partial charge in [0.05, 0.1) is 13.2 Å². The zero-order valence-electron chi connectivity index (χ0n) is 9.26. The summed E-state index contributed by atoms with van der Waals surface area (Å²) in [6.07, 6.45) is 0. The largest absolute Gasteiger partial charge is 0.497 e. The molecule has 2 aromatic rings. The Balaban J connectivity index is 2.30. The Morgan fingerprint density at radius 1 is 0.938 bits per heavy atom. The van der Waals surface area contributed by atoms with Gasteiger partial charge in [0.1, 0.15) is 5.75 Å². The molecule has 0 saturated carbocycles. The second-order valence-corrected chi connectivity index (χ2v) is 3.66. The van der Waals surface area contributed by atoms with Crippen LogP contribution in [0.5, 0.6) is 5.75 Å². The Hall–Kier alpha value is -1.80. The van der Waals surface area contributed by atoms with Gasteiger partial charge in [-0.25, -0.2) is 0 Å². The quantitative estimate of drug-likeness (QED) is 0.850. The minimum absolute atomic E-state index is 0.101. The van der Waals surface area contributed by atoms with Gasteiger partial charge >= 0.3 is 0 Å². The van der Waals surface area contributed by atoms with Gasteiger partial charge in [-0.05, 0) is 23.3 Å². The minimum Gasteiger partial charge on any atom is -0.497 e. The molecule has 0 spiro atoms. The predicted molar refractivity (Wildman–Crippen MR) is 65.5 cm³/mol. The summed E-state index contributed by atoms with van der Waals surface area (Å²) in [5, 5.41) is 0. The predicted octanol–water partition coefficient (Wildman–Crippen LogP) is 2.74. The van der Waals surface area contributed by atoms with E-state index in [1.807, 2.05) is 54.6 Å². The summed E-state index contributed by atoms with van der Waals surface area (Å²) in [6, 6.07) is 17.8. The summed E-state index contributed by atoms with van der Waals surface area (Å²) in [6.45, 7) is 0. The van der Waals surface area contributed by atoms with E-state index >= 15 is 0 Å². The number of rotatable bonds is 3. The first kappa shape index (κ1) is 10.7. The molecule has 0 aliphatic heterocycles. The lowest BCUT2D eigenvalue weighted by atomic mass is 10.00. The van der Waals surface area contributed by atoms with Crippen molar-refractivity contribution in [3.63, 3.8) is 0 Å². The second kappa shape index (κ2) is 4.81. The third-order valence-electron chi connectivity index (χ3n) is 2.61. The van der Waals surface area contributed by atoms with Crippen molar-refractivity contribution in [3.05, 3.63) is 65.7 Å². The highest BCUT2D eigenvalue weighted by Crippen LogP contribution is 2.22. The van der Waals surface area contributed by atoms with E-state index in [1.54, 1.807) is 7.11 Å². The molecule has 0 saturated heterocycles. The van der Waals surface area contributed by atoms with E-state index in [4.69, 9.17) is 10.5 Å². The fourth-order valence-electron chi connectivity index (χ4n) is 1.69. The average Bonchev–Trinajstić information content (AvgIpc) is 2.39. The molecule has 2 heteroatoms. The lowest BCUT2D eigenvalue weighted by molar-refractivity contribution is 0.414. The molecular weight excluding hydrogens is 198 g/mol. The van der Waals surface area contributed by atoms with E-state index < -0.39 is 0 Å². The monoisotopic (exact) mass is 213 g/mol. The topological polar surface area (TPSA) is 35.2 Å². The highest BCUT2D eigenvalue weighted by molar-refractivity contribution is 5.36. The summed E-state index contributed by atoms with van der Waals surface area (Å²) >= 11 is 0. The van der Waals surface area contributed by atoms with E-state index in [0.717, 1.165) is 16.9 Å². The van der Waals surface area contributed by atoms with Crippen molar-refractivity contribution in [2.75, 3.05) is 7.11 Å². The Kier molecular flexibility index (Phi) is 3.22. The maximum atomic E-state index is 6.18. The molecule has 82 valence electrons. The zero-order valence-corrected chi connectivity index (χ0v) is 9.26. The van der Waals surface area contributed by atoms with Gasteiger partial charge in [-0.2, -0.15) is 0 Å². The standard InChI is InChI=1S/C14H15NO/c1-16-13-9-5-8-12(10-13)14(15)11-6-3-2-4-7-11/h2-10,14H,15H2,1H3. The molecule has 0 radical (unpaired) electrons. The normalized spacial score (nSPS) is 12.1. The van der Waals surface area contributed by atoms with Crippen LogP contribution in [0.3, 0.4) is 0 Å². The number of nitrogens with two attached hydrogens (primary N) is 1. The van der Waals surface area contributed by atoms with E-state index in [9.17, 15) is 0 Å². The molecule has 1 atom stereocenters. The second-order valence-electron chi connectivity index (χ2n) is 3.66. The molecule has 0 aromatic heterocycles. The first-order valence-electron chi connectivity index (χ1n) is 5.26. The summed E-state index contributed by atoms with van der Waals surface area (Å²) in [4.78, 5) is 0. The van der Waals surface area contributed by atoms with E-state index in [0.29, 0.717) is 0 Å². The maximum absolute atomic E-state index is 6.18. The number of ether oxygens (including phenoxy) is 1. The Bertz CT molecular complexity index is 453. The van der Waals surface area contributed by atoms with Gasteiger partial charge in [0, 0.05) is 0 Å². The molecule has 0 fully saturated rings. The van der Waals surface area contributed by atoms with Crippen molar-refractivity contribution in [3.8, 4) is 5.75 Å². The molecule has 1 unspecified atom stereocenters. The number of methoxy groups -OCH3 is 1. The lowest BCUT2D eigenvalue weighted by Gasteiger charge is -2.13. The summed E-state index contributed by atoms with van der Waals surface area (Å²) in [5.74, 6) is 0.837. The van der Waals surface area contributed by atoms with Gasteiger partial charge in [0.15, 0.2) is 0 Å². The van der Waals surface area contributed by atoms with Crippen LogP contribution in [-0.4, -0.2) is 7.11 Å². The van der Waals surface area contributed by atoms with Crippen molar-refractivity contribution in [2.45, 2.75) is 6.04 Å². The Morgan fingerprint density at radius 2 is 1.62 bits per heavy atom. The summed E-state index contributed by atoms with van der Waals surface area (Å²) < 4.78 is 5.19. The molecule has 2 rings (SSSR count). The van der Waals surface area contributed by atoms with Gasteiger partial charge in [-0.1, -0.05) is 42.5 Å². The van der Waals surface area contributed by atoms with Crippen molar-refractivity contribution in [1.82, 2.24) is 0 Å². The van der Waals surface area contributed by atoms with Crippen LogP contribution in [0.25, 0.3) is 0 Å². The molecule has 0 heterocycles. The Morgan fingerprint density at radius 3 is 2.31 bits per heavy atom. The van der Waals surface area contributed by atoms with E-state index in [-0.39, 0.29) is 6.04 Å². The lowest BCUT2D eigenvalue weighted by Crippen LogP contribution is -2.11. The fraction of sp³-hybridized carbons (Fsp3) is 0.143. The molecule has 2 nitrogen and oxygen atoms in total. The molecule has 2 N–H and O–H groups in total. The number of hydrogen-bond donors (Lipinski definition) is 1. The number of benzene rings is 2. The van der Waals surface area contributed by atoms with Crippen LogP contribution in [0.1, 0.15) is 17.2 Å². The zero-order chi connectivity index (χ0) is 11.4. The van der Waals surface area contributed by atoms with Gasteiger partial charge < -0.3 is 10.5 Å². The third-order valence-corrected chi connectivity index (χ3v) is 2.61. The van der Waals surface area contributed by atoms with E-state index in [1.165, 1.54) is 0 Å². The van der Waals surface area contributed by atoms with Crippen LogP contribution in [0.4, 0.5) is 0 Å². The summed E-state index contributed by atoms with van der Waals surface area (Å²) in [7, 11) is 1.66. The Labute approximate surface area is 95.7 Å². The number of hydrogen-bond acceptors (Lipinski definition) is 2. The smallest absolute Gasteiger partial charge is 0.119 e. The van der Waals surface area contributed by atoms with Gasteiger partial charge in [-0.3, -0.25) is 0 Å². The summed E-state index contributed by atoms with van der Waals surface area (Å²) in [5.41, 5.74) is 8.35. The minimum atomic E-state index is -0.101. The van der Waals surface area contributed by atoms with Crippen LogP contribution in [0, 0.1) is 0 Å². The van der Waals surface area contributed by atoms with Crippen LogP contribution in [0.15, 0.2) is 54.6 Å². The first-order chi connectivity index (χ1) is 7.81. The third kappa shape index (κ3) is 2.23. The highest BCUT2D eigenvalue weighted by atomic mass is 16.5. The van der Waals surface area contributed by atoms with Gasteiger partial charge in [-0.15, -0.1) is 0 Å². The first-order valence-corrected chi connectivity index (χ1v) is 5.26. The van der Waals surface area contributed by atoms with E-state index in [2.05, 4.69) is 0 Å². The molecular formula is C14H15NO. The van der Waals surface area contributed by atoms with Crippen molar-refractivity contribution < 1.29 is 4.74 Å². The SMILES string of the molecule is COc1cccc(C(N)c2ccccc2)c1. The van der Waals surface area contributed by atoms with Crippen LogP contribution >= 0.6 is 0 Å². The van der Waals surface area contributed by atoms with Crippen molar-refractivity contribution >= 4 is 0 Å². The highest BCUT2D eigenvalue weighted by Gasteiger charge is 2.08. The van der Waals surface area contributed by atoms with Crippen LogP contribution in [0.2, 0.25) is 0 Å². The van der Waals surface area contributed by atoms with Gasteiger partial charge in [0.25, 0.3) is 0 Å². The molecule has 2 aromatic carbocycles. The molecule has 0 aliphatic carbocycles. The maximum Gasteiger partial charge on any atom is 0.119 e. The molecule has 0 aliphatic rings. The van der Waals surface area contributed by atoms with Crippen LogP contribution in [-0.2, 0) is 0 Å². The molecule has 0 amide bonds. The fourth-order valence-corrected chi connectivity index (χ4v) is 1.69. The molecule has 0 bridgehead atoms.